The second-order valence-electron chi connectivity index (χ2n) is 3.35. The third kappa shape index (κ3) is 1.88. The van der Waals surface area contributed by atoms with Crippen molar-refractivity contribution in [3.63, 3.8) is 0 Å². The van der Waals surface area contributed by atoms with E-state index in [-0.39, 0.29) is 5.56 Å². The predicted octanol–water partition coefficient (Wildman–Crippen LogP) is 2.22. The third-order valence-corrected chi connectivity index (χ3v) is 2.63. The monoisotopic (exact) mass is 222 g/mol. The van der Waals surface area contributed by atoms with Gasteiger partial charge < -0.3 is 4.98 Å². The lowest BCUT2D eigenvalue weighted by atomic mass is 10.1. The highest BCUT2D eigenvalue weighted by Gasteiger charge is 2.02. The van der Waals surface area contributed by atoms with Crippen LogP contribution in [0.5, 0.6) is 0 Å². The lowest BCUT2D eigenvalue weighted by molar-refractivity contribution is 1.06. The number of H-pyrrole nitrogens is 1. The van der Waals surface area contributed by atoms with Gasteiger partial charge in [-0.2, -0.15) is 0 Å². The average molecular weight is 223 g/mol. The number of halogens is 1. The zero-order valence-electron chi connectivity index (χ0n) is 8.38. The Hall–Kier alpha value is -1.35. The first kappa shape index (κ1) is 10.2. The molecule has 2 aromatic heterocycles. The molecule has 0 unspecified atom stereocenters. The fraction of sp³-hybridized carbons (Fsp3) is 0.273. The van der Waals surface area contributed by atoms with Crippen LogP contribution in [0.15, 0.2) is 23.0 Å². The fourth-order valence-corrected chi connectivity index (χ4v) is 1.65. The first-order valence-electron chi connectivity index (χ1n) is 4.82. The van der Waals surface area contributed by atoms with Crippen LogP contribution in [-0.4, -0.2) is 9.97 Å². The number of hydrogen-bond acceptors (Lipinski definition) is 2. The molecular weight excluding hydrogens is 212 g/mol. The van der Waals surface area contributed by atoms with Crippen LogP contribution in [0.2, 0.25) is 0 Å². The average Bonchev–Trinajstić information content (AvgIpc) is 2.27. The van der Waals surface area contributed by atoms with Crippen molar-refractivity contribution in [2.45, 2.75) is 19.2 Å². The number of nitrogens with one attached hydrogen (secondary N) is 1. The van der Waals surface area contributed by atoms with Crippen LogP contribution in [-0.2, 0) is 12.3 Å². The van der Waals surface area contributed by atoms with Gasteiger partial charge in [0.15, 0.2) is 0 Å². The van der Waals surface area contributed by atoms with Gasteiger partial charge in [0.05, 0.1) is 11.6 Å². The highest BCUT2D eigenvalue weighted by atomic mass is 35.5. The SMILES string of the molecule is CCc1cc2ccc(CCl)nc2[nH]c1=O. The second-order valence-corrected chi connectivity index (χ2v) is 3.62. The Morgan fingerprint density at radius 3 is 2.93 bits per heavy atom. The van der Waals surface area contributed by atoms with Gasteiger partial charge in [-0.3, -0.25) is 4.79 Å². The molecule has 0 radical (unpaired) electrons. The van der Waals surface area contributed by atoms with Gasteiger partial charge in [0.25, 0.3) is 5.56 Å². The van der Waals surface area contributed by atoms with Crippen molar-refractivity contribution >= 4 is 22.6 Å². The molecule has 0 aliphatic rings. The standard InChI is InChI=1S/C11H11ClN2O/c1-2-7-5-8-3-4-9(6-12)13-10(8)14-11(7)15/h3-5H,2,6H2,1H3,(H,13,14,15). The molecule has 2 aromatic rings. The number of fused-ring (bicyclic) bond motifs is 1. The van der Waals surface area contributed by atoms with E-state index in [2.05, 4.69) is 9.97 Å². The van der Waals surface area contributed by atoms with Gasteiger partial charge in [0, 0.05) is 10.9 Å². The molecule has 0 fully saturated rings. The summed E-state index contributed by atoms with van der Waals surface area (Å²) in [6.07, 6.45) is 0.725. The van der Waals surface area contributed by atoms with Crippen LogP contribution in [0.3, 0.4) is 0 Å². The Morgan fingerprint density at radius 2 is 2.27 bits per heavy atom. The molecule has 0 aliphatic carbocycles. The van der Waals surface area contributed by atoms with Crippen molar-refractivity contribution in [1.29, 1.82) is 0 Å². The number of aromatic nitrogens is 2. The topological polar surface area (TPSA) is 45.8 Å². The van der Waals surface area contributed by atoms with E-state index in [1.165, 1.54) is 0 Å². The minimum Gasteiger partial charge on any atom is -0.306 e. The van der Waals surface area contributed by atoms with Crippen molar-refractivity contribution in [2.24, 2.45) is 0 Å². The van der Waals surface area contributed by atoms with E-state index in [9.17, 15) is 4.79 Å². The fourth-order valence-electron chi connectivity index (χ4n) is 1.51. The van der Waals surface area contributed by atoms with Crippen molar-refractivity contribution < 1.29 is 0 Å². The highest BCUT2D eigenvalue weighted by molar-refractivity contribution is 6.16. The second kappa shape index (κ2) is 4.03. The van der Waals surface area contributed by atoms with Crippen molar-refractivity contribution in [3.8, 4) is 0 Å². The molecule has 15 heavy (non-hydrogen) atoms. The maximum Gasteiger partial charge on any atom is 0.252 e. The molecule has 0 aliphatic heterocycles. The third-order valence-electron chi connectivity index (χ3n) is 2.36. The Labute approximate surface area is 92.1 Å². The predicted molar refractivity (Wildman–Crippen MR) is 61.3 cm³/mol. The van der Waals surface area contributed by atoms with Crippen LogP contribution in [0.1, 0.15) is 18.2 Å². The lowest BCUT2D eigenvalue weighted by Gasteiger charge is -2.01. The number of alkyl halides is 1. The summed E-state index contributed by atoms with van der Waals surface area (Å²) in [5, 5.41) is 0.945. The zero-order valence-corrected chi connectivity index (χ0v) is 9.14. The van der Waals surface area contributed by atoms with Crippen molar-refractivity contribution in [2.75, 3.05) is 0 Å². The van der Waals surface area contributed by atoms with E-state index in [4.69, 9.17) is 11.6 Å². The summed E-state index contributed by atoms with van der Waals surface area (Å²) in [7, 11) is 0. The molecule has 0 saturated heterocycles. The van der Waals surface area contributed by atoms with Gasteiger partial charge in [-0.25, -0.2) is 4.98 Å². The molecule has 78 valence electrons. The van der Waals surface area contributed by atoms with Crippen LogP contribution in [0.25, 0.3) is 11.0 Å². The summed E-state index contributed by atoms with van der Waals surface area (Å²) in [6.45, 7) is 1.96. The van der Waals surface area contributed by atoms with E-state index in [0.29, 0.717) is 11.5 Å². The smallest absolute Gasteiger partial charge is 0.252 e. The summed E-state index contributed by atoms with van der Waals surface area (Å²) >= 11 is 5.67. The van der Waals surface area contributed by atoms with E-state index >= 15 is 0 Å². The minimum absolute atomic E-state index is 0.0655. The summed E-state index contributed by atoms with van der Waals surface area (Å²) in [5.41, 5.74) is 2.09. The number of aromatic amines is 1. The molecule has 2 heterocycles. The molecule has 2 rings (SSSR count). The number of aryl methyl sites for hydroxylation is 1. The van der Waals surface area contributed by atoms with Gasteiger partial charge >= 0.3 is 0 Å². The van der Waals surface area contributed by atoms with Gasteiger partial charge in [0.2, 0.25) is 0 Å². The molecule has 0 atom stereocenters. The Balaban J connectivity index is 2.70. The Kier molecular flexibility index (Phi) is 2.73. The van der Waals surface area contributed by atoms with Crippen molar-refractivity contribution in [3.05, 3.63) is 39.8 Å². The molecule has 4 heteroatoms. The van der Waals surface area contributed by atoms with Crippen LogP contribution in [0.4, 0.5) is 0 Å². The van der Waals surface area contributed by atoms with Crippen molar-refractivity contribution in [1.82, 2.24) is 9.97 Å². The van der Waals surface area contributed by atoms with E-state index in [1.54, 1.807) is 0 Å². The Morgan fingerprint density at radius 1 is 1.47 bits per heavy atom. The first-order chi connectivity index (χ1) is 7.24. The summed E-state index contributed by atoms with van der Waals surface area (Å²) in [5.74, 6) is 0.355. The maximum atomic E-state index is 11.5. The molecule has 0 spiro atoms. The molecular formula is C11H11ClN2O. The number of pyridine rings is 2. The zero-order chi connectivity index (χ0) is 10.8. The van der Waals surface area contributed by atoms with Gasteiger partial charge in [-0.1, -0.05) is 6.92 Å². The van der Waals surface area contributed by atoms with Gasteiger partial charge in [-0.15, -0.1) is 11.6 Å². The van der Waals surface area contributed by atoms with E-state index < -0.39 is 0 Å². The summed E-state index contributed by atoms with van der Waals surface area (Å²) in [4.78, 5) is 18.5. The summed E-state index contributed by atoms with van der Waals surface area (Å²) < 4.78 is 0. The highest BCUT2D eigenvalue weighted by Crippen LogP contribution is 2.11. The molecule has 0 aromatic carbocycles. The molecule has 0 bridgehead atoms. The lowest BCUT2D eigenvalue weighted by Crippen LogP contribution is -2.12. The maximum absolute atomic E-state index is 11.5. The number of rotatable bonds is 2. The molecule has 0 saturated carbocycles. The molecule has 0 amide bonds. The molecule has 3 nitrogen and oxygen atoms in total. The Bertz CT molecular complexity index is 548. The normalized spacial score (nSPS) is 10.8. The quantitative estimate of drug-likeness (QED) is 0.792. The summed E-state index contributed by atoms with van der Waals surface area (Å²) in [6, 6.07) is 5.67. The first-order valence-corrected chi connectivity index (χ1v) is 5.36. The largest absolute Gasteiger partial charge is 0.306 e. The number of hydrogen-bond donors (Lipinski definition) is 1. The van der Waals surface area contributed by atoms with E-state index in [1.807, 2.05) is 25.1 Å². The van der Waals surface area contributed by atoms with Crippen LogP contribution in [0, 0.1) is 0 Å². The van der Waals surface area contributed by atoms with E-state index in [0.717, 1.165) is 23.1 Å². The minimum atomic E-state index is -0.0655. The number of nitrogens with zero attached hydrogens (tertiary/aromatic N) is 1. The van der Waals surface area contributed by atoms with Gasteiger partial charge in [-0.05, 0) is 24.6 Å². The van der Waals surface area contributed by atoms with Crippen LogP contribution < -0.4 is 5.56 Å². The molecule has 1 N–H and O–H groups in total. The van der Waals surface area contributed by atoms with Crippen LogP contribution >= 0.6 is 11.6 Å². The van der Waals surface area contributed by atoms with Gasteiger partial charge in [0.1, 0.15) is 5.65 Å².